The van der Waals surface area contributed by atoms with Gasteiger partial charge in [-0.2, -0.15) is 0 Å². The molecule has 0 bridgehead atoms. The van der Waals surface area contributed by atoms with E-state index in [1.165, 1.54) is 0 Å². The van der Waals surface area contributed by atoms with Gasteiger partial charge in [-0.1, -0.05) is 0 Å². The summed E-state index contributed by atoms with van der Waals surface area (Å²) in [6.07, 6.45) is 0. The van der Waals surface area contributed by atoms with Gasteiger partial charge >= 0.3 is 93.0 Å². The van der Waals surface area contributed by atoms with Crippen LogP contribution in [0.5, 0.6) is 0 Å². The van der Waals surface area contributed by atoms with Crippen molar-refractivity contribution in [2.45, 2.75) is 24.5 Å². The topological polar surface area (TPSA) is 0 Å². The standard InChI is InChI=1S/C11H14Se2/c1-11(2,3)10-12-8-6-4-5-7-9(8)13-10/h4-7,10H,1-3H3. The summed E-state index contributed by atoms with van der Waals surface area (Å²) in [5.74, 6) is 0. The van der Waals surface area contributed by atoms with E-state index in [-0.39, 0.29) is 0 Å². The molecule has 2 rings (SSSR count). The fourth-order valence-corrected chi connectivity index (χ4v) is 9.07. The molecule has 2 heteroatoms. The van der Waals surface area contributed by atoms with Crippen LogP contribution in [0.4, 0.5) is 0 Å². The van der Waals surface area contributed by atoms with Crippen molar-refractivity contribution in [3.8, 4) is 0 Å². The fourth-order valence-electron chi connectivity index (χ4n) is 1.25. The number of fused-ring (bicyclic) bond motifs is 1. The predicted octanol–water partition coefficient (Wildman–Crippen LogP) is 1.15. The van der Waals surface area contributed by atoms with Crippen LogP contribution >= 0.6 is 0 Å². The number of benzene rings is 1. The van der Waals surface area contributed by atoms with Gasteiger partial charge in [-0.3, -0.25) is 0 Å². The van der Waals surface area contributed by atoms with E-state index in [4.69, 9.17) is 0 Å². The van der Waals surface area contributed by atoms with E-state index >= 15 is 0 Å². The van der Waals surface area contributed by atoms with Crippen LogP contribution in [0.15, 0.2) is 24.3 Å². The van der Waals surface area contributed by atoms with Gasteiger partial charge in [-0.25, -0.2) is 0 Å². The van der Waals surface area contributed by atoms with Gasteiger partial charge in [0.05, 0.1) is 0 Å². The summed E-state index contributed by atoms with van der Waals surface area (Å²) >= 11 is 1.46. The van der Waals surface area contributed by atoms with Crippen LogP contribution in [-0.4, -0.2) is 29.9 Å². The van der Waals surface area contributed by atoms with Gasteiger partial charge in [0, 0.05) is 0 Å². The van der Waals surface area contributed by atoms with E-state index in [0.717, 1.165) is 33.6 Å². The zero-order valence-electron chi connectivity index (χ0n) is 8.20. The van der Waals surface area contributed by atoms with Crippen LogP contribution in [0.1, 0.15) is 20.8 Å². The van der Waals surface area contributed by atoms with Crippen molar-refractivity contribution in [2.24, 2.45) is 5.41 Å². The molecule has 0 spiro atoms. The summed E-state index contributed by atoms with van der Waals surface area (Å²) in [4.78, 5) is 0. The summed E-state index contributed by atoms with van der Waals surface area (Å²) in [5, 5.41) is 0. The zero-order chi connectivity index (χ0) is 9.47. The summed E-state index contributed by atoms with van der Waals surface area (Å²) < 4.78 is 4.29. The molecule has 1 aliphatic heterocycles. The quantitative estimate of drug-likeness (QED) is 0.631. The van der Waals surface area contributed by atoms with E-state index in [1.54, 1.807) is 8.92 Å². The zero-order valence-corrected chi connectivity index (χ0v) is 11.6. The first kappa shape index (κ1) is 9.80. The van der Waals surface area contributed by atoms with E-state index in [0.29, 0.717) is 5.41 Å². The van der Waals surface area contributed by atoms with Crippen LogP contribution < -0.4 is 8.92 Å². The average Bonchev–Trinajstić information content (AvgIpc) is 2.45. The minimum absolute atomic E-state index is 0.513. The third-order valence-electron chi connectivity index (χ3n) is 2.02. The Bertz CT molecular complexity index is 287. The third kappa shape index (κ3) is 2.02. The molecule has 0 aliphatic carbocycles. The van der Waals surface area contributed by atoms with E-state index in [2.05, 4.69) is 45.0 Å². The summed E-state index contributed by atoms with van der Waals surface area (Å²) in [5.41, 5.74) is 0.513. The second kappa shape index (κ2) is 3.44. The molecule has 1 heterocycles. The maximum atomic E-state index is 2.38. The second-order valence-corrected chi connectivity index (χ2v) is 10.7. The van der Waals surface area contributed by atoms with E-state index < -0.39 is 0 Å². The molecule has 13 heavy (non-hydrogen) atoms. The molecule has 0 radical (unpaired) electrons. The molecule has 0 unspecified atom stereocenters. The molecule has 0 aromatic heterocycles. The Morgan fingerprint density at radius 1 is 1.00 bits per heavy atom. The summed E-state index contributed by atoms with van der Waals surface area (Å²) in [6.45, 7) is 7.15. The molecule has 70 valence electrons. The Kier molecular flexibility index (Phi) is 2.59. The Balaban J connectivity index is 2.23. The predicted molar refractivity (Wildman–Crippen MR) is 60.4 cm³/mol. The van der Waals surface area contributed by atoms with Crippen molar-refractivity contribution in [2.75, 3.05) is 0 Å². The van der Waals surface area contributed by atoms with Crippen LogP contribution in [-0.2, 0) is 0 Å². The van der Waals surface area contributed by atoms with Gasteiger partial charge in [0.2, 0.25) is 0 Å². The molecule has 1 aliphatic rings. The van der Waals surface area contributed by atoms with Crippen molar-refractivity contribution in [1.29, 1.82) is 0 Å². The minimum atomic E-state index is 0.513. The van der Waals surface area contributed by atoms with Gasteiger partial charge in [0.25, 0.3) is 0 Å². The molecule has 0 amide bonds. The van der Waals surface area contributed by atoms with Crippen LogP contribution in [0.3, 0.4) is 0 Å². The van der Waals surface area contributed by atoms with Crippen molar-refractivity contribution < 1.29 is 0 Å². The normalized spacial score (nSPS) is 17.5. The van der Waals surface area contributed by atoms with Crippen LogP contribution in [0, 0.1) is 5.41 Å². The Morgan fingerprint density at radius 3 is 1.85 bits per heavy atom. The molecule has 0 fully saturated rings. The first-order chi connectivity index (χ1) is 6.07. The van der Waals surface area contributed by atoms with Gasteiger partial charge in [-0.05, 0) is 0 Å². The Hall–Kier alpha value is 0.259. The average molecular weight is 304 g/mol. The summed E-state index contributed by atoms with van der Waals surface area (Å²) in [7, 11) is 0. The maximum absolute atomic E-state index is 2.38. The number of hydrogen-bond donors (Lipinski definition) is 0. The van der Waals surface area contributed by atoms with Crippen molar-refractivity contribution in [3.05, 3.63) is 24.3 Å². The van der Waals surface area contributed by atoms with Crippen molar-refractivity contribution in [1.82, 2.24) is 0 Å². The SMILES string of the molecule is CC(C)(C)C1[Se]c2ccccc2[Se]1. The van der Waals surface area contributed by atoms with E-state index in [9.17, 15) is 0 Å². The molecule has 0 N–H and O–H groups in total. The molecule has 1 aromatic carbocycles. The van der Waals surface area contributed by atoms with Crippen molar-refractivity contribution in [3.63, 3.8) is 0 Å². The van der Waals surface area contributed by atoms with Crippen molar-refractivity contribution >= 4 is 38.8 Å². The van der Waals surface area contributed by atoms with Gasteiger partial charge in [-0.15, -0.1) is 0 Å². The monoisotopic (exact) mass is 306 g/mol. The molecule has 0 saturated heterocycles. The van der Waals surface area contributed by atoms with Gasteiger partial charge in [0.1, 0.15) is 0 Å². The van der Waals surface area contributed by atoms with Gasteiger partial charge in [0.15, 0.2) is 0 Å². The molecule has 0 saturated carbocycles. The Labute approximate surface area is 92.8 Å². The van der Waals surface area contributed by atoms with Crippen LogP contribution in [0.25, 0.3) is 0 Å². The summed E-state index contributed by atoms with van der Waals surface area (Å²) in [6, 6.07) is 9.01. The molecular weight excluding hydrogens is 290 g/mol. The molecule has 1 aromatic rings. The van der Waals surface area contributed by atoms with Gasteiger partial charge < -0.3 is 0 Å². The first-order valence-corrected chi connectivity index (χ1v) is 8.19. The molecule has 0 atom stereocenters. The molecule has 0 nitrogen and oxygen atoms in total. The third-order valence-corrected chi connectivity index (χ3v) is 11.2. The molecular formula is C11H14Se2. The second-order valence-electron chi connectivity index (χ2n) is 4.38. The Morgan fingerprint density at radius 2 is 1.46 bits per heavy atom. The van der Waals surface area contributed by atoms with Crippen LogP contribution in [0.2, 0.25) is 3.71 Å². The fraction of sp³-hybridized carbons (Fsp3) is 0.455. The number of hydrogen-bond acceptors (Lipinski definition) is 0. The van der Waals surface area contributed by atoms with E-state index in [1.807, 2.05) is 0 Å². The number of rotatable bonds is 0. The first-order valence-electron chi connectivity index (χ1n) is 4.50.